The molecule has 0 saturated heterocycles. The van der Waals surface area contributed by atoms with Crippen LogP contribution < -0.4 is 0 Å². The molecule has 0 N–H and O–H groups in total. The van der Waals surface area contributed by atoms with E-state index in [-0.39, 0.29) is 13.2 Å². The Morgan fingerprint density at radius 3 is 3.00 bits per heavy atom. The predicted molar refractivity (Wildman–Crippen MR) is 42.7 cm³/mol. The molecule has 0 spiro atoms. The standard InChI is InChI=1S/C7H11N3O3/c1-10-5-8-6(9-10)3-13-4-7(11)12-2/h5H,3-4H2,1-2H3. The lowest BCUT2D eigenvalue weighted by atomic mass is 10.6. The summed E-state index contributed by atoms with van der Waals surface area (Å²) in [6.45, 7) is 0.144. The van der Waals surface area contributed by atoms with Gasteiger partial charge in [-0.2, -0.15) is 5.10 Å². The second-order valence-electron chi connectivity index (χ2n) is 2.40. The first-order valence-electron chi connectivity index (χ1n) is 3.71. The predicted octanol–water partition coefficient (Wildman–Crippen LogP) is -0.495. The molecule has 6 heteroatoms. The maximum absolute atomic E-state index is 10.6. The molecule has 0 saturated carbocycles. The molecule has 0 aromatic carbocycles. The summed E-state index contributed by atoms with van der Waals surface area (Å²) in [5.41, 5.74) is 0. The van der Waals surface area contributed by atoms with E-state index < -0.39 is 5.97 Å². The fourth-order valence-electron chi connectivity index (χ4n) is 0.735. The van der Waals surface area contributed by atoms with Crippen molar-refractivity contribution in [2.45, 2.75) is 6.61 Å². The number of hydrogen-bond acceptors (Lipinski definition) is 5. The van der Waals surface area contributed by atoms with Crippen molar-refractivity contribution in [3.8, 4) is 0 Å². The number of nitrogens with zero attached hydrogens (tertiary/aromatic N) is 3. The van der Waals surface area contributed by atoms with E-state index in [1.165, 1.54) is 7.11 Å². The van der Waals surface area contributed by atoms with Gasteiger partial charge >= 0.3 is 5.97 Å². The number of methoxy groups -OCH3 is 1. The molecule has 1 aromatic rings. The van der Waals surface area contributed by atoms with Crippen molar-refractivity contribution in [3.63, 3.8) is 0 Å². The molecule has 0 aliphatic rings. The molecule has 1 rings (SSSR count). The van der Waals surface area contributed by atoms with Gasteiger partial charge in [0.1, 0.15) is 19.5 Å². The van der Waals surface area contributed by atoms with Crippen molar-refractivity contribution >= 4 is 5.97 Å². The van der Waals surface area contributed by atoms with Crippen LogP contribution in [0.4, 0.5) is 0 Å². The lowest BCUT2D eigenvalue weighted by Crippen LogP contribution is -2.10. The van der Waals surface area contributed by atoms with Gasteiger partial charge in [-0.1, -0.05) is 0 Å². The van der Waals surface area contributed by atoms with Crippen LogP contribution in [-0.2, 0) is 27.9 Å². The van der Waals surface area contributed by atoms with E-state index in [9.17, 15) is 4.79 Å². The highest BCUT2D eigenvalue weighted by molar-refractivity contribution is 5.70. The van der Waals surface area contributed by atoms with Gasteiger partial charge in [-0.05, 0) is 0 Å². The average molecular weight is 185 g/mol. The van der Waals surface area contributed by atoms with Gasteiger partial charge in [-0.15, -0.1) is 0 Å². The monoisotopic (exact) mass is 185 g/mol. The number of carbonyl (C=O) groups is 1. The second-order valence-corrected chi connectivity index (χ2v) is 2.40. The maximum atomic E-state index is 10.6. The van der Waals surface area contributed by atoms with Crippen LogP contribution in [0.2, 0.25) is 0 Å². The number of ether oxygens (including phenoxy) is 2. The summed E-state index contributed by atoms with van der Waals surface area (Å²) in [5, 5.41) is 3.96. The van der Waals surface area contributed by atoms with Crippen LogP contribution in [0.15, 0.2) is 6.33 Å². The van der Waals surface area contributed by atoms with Gasteiger partial charge < -0.3 is 9.47 Å². The molecule has 1 heterocycles. The van der Waals surface area contributed by atoms with Crippen LogP contribution >= 0.6 is 0 Å². The van der Waals surface area contributed by atoms with Crippen LogP contribution in [0.3, 0.4) is 0 Å². The van der Waals surface area contributed by atoms with E-state index in [1.807, 2.05) is 0 Å². The van der Waals surface area contributed by atoms with E-state index >= 15 is 0 Å². The van der Waals surface area contributed by atoms with Gasteiger partial charge in [-0.25, -0.2) is 9.78 Å². The molecule has 0 amide bonds. The fraction of sp³-hybridized carbons (Fsp3) is 0.571. The zero-order chi connectivity index (χ0) is 9.68. The Labute approximate surface area is 75.5 Å². The van der Waals surface area contributed by atoms with E-state index in [2.05, 4.69) is 14.8 Å². The Kier molecular flexibility index (Phi) is 3.39. The van der Waals surface area contributed by atoms with Gasteiger partial charge in [0, 0.05) is 7.05 Å². The summed E-state index contributed by atoms with van der Waals surface area (Å²) in [7, 11) is 3.07. The first-order valence-corrected chi connectivity index (χ1v) is 3.71. The number of carbonyl (C=O) groups excluding carboxylic acids is 1. The fourth-order valence-corrected chi connectivity index (χ4v) is 0.735. The Morgan fingerprint density at radius 1 is 1.69 bits per heavy atom. The maximum Gasteiger partial charge on any atom is 0.331 e. The summed E-state index contributed by atoms with van der Waals surface area (Å²) in [4.78, 5) is 14.5. The van der Waals surface area contributed by atoms with Crippen molar-refractivity contribution in [3.05, 3.63) is 12.2 Å². The van der Waals surface area contributed by atoms with E-state index in [0.29, 0.717) is 5.82 Å². The summed E-state index contributed by atoms with van der Waals surface area (Å²) in [6.07, 6.45) is 1.57. The highest BCUT2D eigenvalue weighted by atomic mass is 16.6. The molecule has 1 aromatic heterocycles. The molecule has 13 heavy (non-hydrogen) atoms. The third-order valence-corrected chi connectivity index (χ3v) is 1.33. The molecule has 0 bridgehead atoms. The van der Waals surface area contributed by atoms with Crippen LogP contribution in [0.5, 0.6) is 0 Å². The van der Waals surface area contributed by atoms with E-state index in [4.69, 9.17) is 4.74 Å². The minimum atomic E-state index is -0.407. The van der Waals surface area contributed by atoms with Gasteiger partial charge in [0.25, 0.3) is 0 Å². The van der Waals surface area contributed by atoms with Gasteiger partial charge in [0.2, 0.25) is 0 Å². The zero-order valence-corrected chi connectivity index (χ0v) is 7.56. The number of aryl methyl sites for hydroxylation is 1. The van der Waals surface area contributed by atoms with E-state index in [0.717, 1.165) is 0 Å². The summed E-state index contributed by atoms with van der Waals surface area (Å²) >= 11 is 0. The lowest BCUT2D eigenvalue weighted by Gasteiger charge is -1.98. The topological polar surface area (TPSA) is 66.2 Å². The lowest BCUT2D eigenvalue weighted by molar-refractivity contribution is -0.146. The minimum Gasteiger partial charge on any atom is -0.467 e. The highest BCUT2D eigenvalue weighted by Gasteiger charge is 2.02. The Bertz CT molecular complexity index is 284. The van der Waals surface area contributed by atoms with Gasteiger partial charge in [0.05, 0.1) is 7.11 Å². The largest absolute Gasteiger partial charge is 0.467 e. The van der Waals surface area contributed by atoms with Crippen molar-refractivity contribution < 1.29 is 14.3 Å². The highest BCUT2D eigenvalue weighted by Crippen LogP contribution is 1.91. The molecule has 72 valence electrons. The molecule has 0 unspecified atom stereocenters. The summed E-state index contributed by atoms with van der Waals surface area (Å²) < 4.78 is 10.9. The van der Waals surface area contributed by atoms with Crippen LogP contribution in [0, 0.1) is 0 Å². The third kappa shape index (κ3) is 3.20. The molecular weight excluding hydrogens is 174 g/mol. The number of rotatable bonds is 4. The van der Waals surface area contributed by atoms with Gasteiger partial charge in [-0.3, -0.25) is 4.68 Å². The summed E-state index contributed by atoms with van der Waals surface area (Å²) in [5.74, 6) is 0.141. The Balaban J connectivity index is 2.24. The van der Waals surface area contributed by atoms with Crippen molar-refractivity contribution in [2.75, 3.05) is 13.7 Å². The first-order chi connectivity index (χ1) is 6.22. The van der Waals surface area contributed by atoms with Crippen molar-refractivity contribution in [1.29, 1.82) is 0 Å². The van der Waals surface area contributed by atoms with Crippen LogP contribution in [0.25, 0.3) is 0 Å². The zero-order valence-electron chi connectivity index (χ0n) is 7.56. The SMILES string of the molecule is COC(=O)COCc1ncn(C)n1. The average Bonchev–Trinajstić information content (AvgIpc) is 2.51. The van der Waals surface area contributed by atoms with Gasteiger partial charge in [0.15, 0.2) is 5.82 Å². The van der Waals surface area contributed by atoms with Crippen LogP contribution in [0.1, 0.15) is 5.82 Å². The van der Waals surface area contributed by atoms with E-state index in [1.54, 1.807) is 18.1 Å². The Morgan fingerprint density at radius 2 is 2.46 bits per heavy atom. The summed E-state index contributed by atoms with van der Waals surface area (Å²) in [6, 6.07) is 0. The Hall–Kier alpha value is -1.43. The number of hydrogen-bond donors (Lipinski definition) is 0. The molecule has 0 fully saturated rings. The van der Waals surface area contributed by atoms with Crippen molar-refractivity contribution in [1.82, 2.24) is 14.8 Å². The molecule has 0 radical (unpaired) electrons. The molecular formula is C7H11N3O3. The first kappa shape index (κ1) is 9.66. The molecule has 0 aliphatic carbocycles. The minimum absolute atomic E-state index is 0.0746. The van der Waals surface area contributed by atoms with Crippen molar-refractivity contribution in [2.24, 2.45) is 7.05 Å². The van der Waals surface area contributed by atoms with Crippen LogP contribution in [-0.4, -0.2) is 34.5 Å². The smallest absolute Gasteiger partial charge is 0.331 e. The number of aromatic nitrogens is 3. The third-order valence-electron chi connectivity index (χ3n) is 1.33. The molecule has 0 atom stereocenters. The normalized spacial score (nSPS) is 10.0. The molecule has 0 aliphatic heterocycles. The molecule has 6 nitrogen and oxygen atoms in total. The number of esters is 1. The quantitative estimate of drug-likeness (QED) is 0.592. The second kappa shape index (κ2) is 4.56.